The number of hydrogen-bond donors (Lipinski definition) is 1. The van der Waals surface area contributed by atoms with E-state index in [1.807, 2.05) is 0 Å². The predicted molar refractivity (Wildman–Crippen MR) is 94.0 cm³/mol. The summed E-state index contributed by atoms with van der Waals surface area (Å²) in [6.07, 6.45) is 1.65. The molecule has 1 aromatic heterocycles. The summed E-state index contributed by atoms with van der Waals surface area (Å²) in [6.45, 7) is 5.86. The van der Waals surface area contributed by atoms with E-state index in [2.05, 4.69) is 11.0 Å². The number of nitriles is 1. The standard InChI is InChI=1S/C17H23N3O4S/c1-3-23-16(21)11-6-5-7-20(9-11)10-13-12(8-18)15(19)25-14(13)17(22)24-4-2/h11H,3-7,9-10,19H2,1-2H3. The van der Waals surface area contributed by atoms with Gasteiger partial charge in [-0.3, -0.25) is 9.69 Å². The molecule has 0 saturated carbocycles. The first-order valence-corrected chi connectivity index (χ1v) is 9.20. The number of esters is 2. The van der Waals surface area contributed by atoms with Crippen molar-refractivity contribution in [3.05, 3.63) is 16.0 Å². The van der Waals surface area contributed by atoms with Gasteiger partial charge in [0.2, 0.25) is 0 Å². The molecule has 2 N–H and O–H groups in total. The Morgan fingerprint density at radius 3 is 2.72 bits per heavy atom. The van der Waals surface area contributed by atoms with Gasteiger partial charge in [-0.1, -0.05) is 0 Å². The van der Waals surface area contributed by atoms with Gasteiger partial charge in [0, 0.05) is 18.7 Å². The SMILES string of the molecule is CCOC(=O)c1sc(N)c(C#N)c1CN1CCCC(C(=O)OCC)C1. The molecule has 1 atom stereocenters. The van der Waals surface area contributed by atoms with Crippen LogP contribution in [0.25, 0.3) is 0 Å². The van der Waals surface area contributed by atoms with Crippen LogP contribution in [0.4, 0.5) is 5.00 Å². The fourth-order valence-electron chi connectivity index (χ4n) is 3.00. The number of carbonyl (C=O) groups excluding carboxylic acids is 2. The lowest BCUT2D eigenvalue weighted by Crippen LogP contribution is -2.39. The number of hydrogen-bond acceptors (Lipinski definition) is 8. The van der Waals surface area contributed by atoms with Crippen LogP contribution >= 0.6 is 11.3 Å². The number of nitrogens with zero attached hydrogens (tertiary/aromatic N) is 2. The Kier molecular flexibility index (Phi) is 6.79. The van der Waals surface area contributed by atoms with Crippen LogP contribution in [0.1, 0.15) is 47.5 Å². The molecule has 0 radical (unpaired) electrons. The maximum atomic E-state index is 12.2. The third-order valence-electron chi connectivity index (χ3n) is 4.11. The van der Waals surface area contributed by atoms with Gasteiger partial charge in [0.15, 0.2) is 0 Å². The second kappa shape index (κ2) is 8.83. The Labute approximate surface area is 151 Å². The maximum absolute atomic E-state index is 12.2. The second-order valence-corrected chi connectivity index (χ2v) is 6.86. The van der Waals surface area contributed by atoms with Crippen LogP contribution in [0.5, 0.6) is 0 Å². The zero-order chi connectivity index (χ0) is 18.4. The van der Waals surface area contributed by atoms with Gasteiger partial charge in [-0.25, -0.2) is 4.79 Å². The molecule has 0 aliphatic carbocycles. The zero-order valence-corrected chi connectivity index (χ0v) is 15.4. The first kappa shape index (κ1) is 19.2. The van der Waals surface area contributed by atoms with E-state index in [-0.39, 0.29) is 18.5 Å². The van der Waals surface area contributed by atoms with E-state index < -0.39 is 5.97 Å². The summed E-state index contributed by atoms with van der Waals surface area (Å²) < 4.78 is 10.2. The molecule has 1 aliphatic rings. The summed E-state index contributed by atoms with van der Waals surface area (Å²) in [5.41, 5.74) is 6.82. The molecule has 2 rings (SSSR count). The molecule has 0 amide bonds. The summed E-state index contributed by atoms with van der Waals surface area (Å²) in [5.74, 6) is -0.834. The smallest absolute Gasteiger partial charge is 0.348 e. The number of likely N-dealkylation sites (tertiary alicyclic amines) is 1. The lowest BCUT2D eigenvalue weighted by atomic mass is 9.97. The topological polar surface area (TPSA) is 106 Å². The zero-order valence-electron chi connectivity index (χ0n) is 14.5. The number of nitrogens with two attached hydrogens (primary N) is 1. The van der Waals surface area contributed by atoms with Gasteiger partial charge in [-0.05, 0) is 33.2 Å². The first-order valence-electron chi connectivity index (χ1n) is 8.39. The van der Waals surface area contributed by atoms with Gasteiger partial charge < -0.3 is 15.2 Å². The van der Waals surface area contributed by atoms with Crippen molar-refractivity contribution >= 4 is 28.3 Å². The van der Waals surface area contributed by atoms with Crippen LogP contribution in [-0.2, 0) is 20.8 Å². The molecule has 1 aliphatic heterocycles. The lowest BCUT2D eigenvalue weighted by molar-refractivity contribution is -0.150. The van der Waals surface area contributed by atoms with E-state index in [1.165, 1.54) is 0 Å². The molecular weight excluding hydrogens is 342 g/mol. The van der Waals surface area contributed by atoms with Crippen molar-refractivity contribution in [1.29, 1.82) is 5.26 Å². The van der Waals surface area contributed by atoms with E-state index in [9.17, 15) is 14.9 Å². The minimum Gasteiger partial charge on any atom is -0.466 e. The summed E-state index contributed by atoms with van der Waals surface area (Å²) in [6, 6.07) is 2.08. The highest BCUT2D eigenvalue weighted by atomic mass is 32.1. The van der Waals surface area contributed by atoms with Crippen LogP contribution < -0.4 is 5.73 Å². The largest absolute Gasteiger partial charge is 0.466 e. The van der Waals surface area contributed by atoms with Crippen LogP contribution in [0.2, 0.25) is 0 Å². The number of thiophene rings is 1. The van der Waals surface area contributed by atoms with E-state index >= 15 is 0 Å². The van der Waals surface area contributed by atoms with E-state index in [4.69, 9.17) is 15.2 Å². The number of anilines is 1. The summed E-state index contributed by atoms with van der Waals surface area (Å²) in [7, 11) is 0. The molecule has 0 aromatic carbocycles. The van der Waals surface area contributed by atoms with Crippen molar-refractivity contribution < 1.29 is 19.1 Å². The molecule has 0 bridgehead atoms. The Hall–Kier alpha value is -2.11. The first-order chi connectivity index (χ1) is 12.0. The van der Waals surface area contributed by atoms with Crippen LogP contribution in [0, 0.1) is 17.2 Å². The molecule has 1 unspecified atom stereocenters. The van der Waals surface area contributed by atoms with Gasteiger partial charge in [-0.2, -0.15) is 5.26 Å². The van der Waals surface area contributed by atoms with E-state index in [0.29, 0.717) is 40.7 Å². The molecule has 1 saturated heterocycles. The van der Waals surface area contributed by atoms with Crippen LogP contribution in [0.15, 0.2) is 0 Å². The van der Waals surface area contributed by atoms with Gasteiger partial charge in [0.25, 0.3) is 0 Å². The fraction of sp³-hybridized carbons (Fsp3) is 0.588. The molecule has 0 spiro atoms. The molecule has 25 heavy (non-hydrogen) atoms. The number of ether oxygens (including phenoxy) is 2. The van der Waals surface area contributed by atoms with E-state index in [0.717, 1.165) is 30.7 Å². The van der Waals surface area contributed by atoms with Crippen molar-refractivity contribution in [2.75, 3.05) is 32.0 Å². The molecule has 2 heterocycles. The monoisotopic (exact) mass is 365 g/mol. The Morgan fingerprint density at radius 1 is 1.36 bits per heavy atom. The van der Waals surface area contributed by atoms with Gasteiger partial charge in [0.1, 0.15) is 15.9 Å². The average molecular weight is 365 g/mol. The number of carbonyl (C=O) groups is 2. The average Bonchev–Trinajstić information content (AvgIpc) is 2.91. The molecule has 1 aromatic rings. The lowest BCUT2D eigenvalue weighted by Gasteiger charge is -2.31. The summed E-state index contributed by atoms with van der Waals surface area (Å²) >= 11 is 1.08. The van der Waals surface area contributed by atoms with Gasteiger partial charge in [0.05, 0.1) is 24.7 Å². The summed E-state index contributed by atoms with van der Waals surface area (Å²) in [5, 5.41) is 9.71. The summed E-state index contributed by atoms with van der Waals surface area (Å²) in [4.78, 5) is 26.6. The maximum Gasteiger partial charge on any atom is 0.348 e. The molecule has 136 valence electrons. The number of nitrogen functional groups attached to an aromatic ring is 1. The van der Waals surface area contributed by atoms with Gasteiger partial charge in [-0.15, -0.1) is 11.3 Å². The Bertz CT molecular complexity index is 680. The van der Waals surface area contributed by atoms with Crippen molar-refractivity contribution in [2.45, 2.75) is 33.2 Å². The quantitative estimate of drug-likeness (QED) is 0.770. The highest BCUT2D eigenvalue weighted by molar-refractivity contribution is 7.18. The van der Waals surface area contributed by atoms with Crippen LogP contribution in [-0.4, -0.2) is 43.1 Å². The molecule has 7 nitrogen and oxygen atoms in total. The highest BCUT2D eigenvalue weighted by Gasteiger charge is 2.30. The Morgan fingerprint density at radius 2 is 2.08 bits per heavy atom. The predicted octanol–water partition coefficient (Wildman–Crippen LogP) is 2.15. The van der Waals surface area contributed by atoms with Gasteiger partial charge >= 0.3 is 11.9 Å². The van der Waals surface area contributed by atoms with E-state index in [1.54, 1.807) is 13.8 Å². The fourth-order valence-corrected chi connectivity index (χ4v) is 3.92. The van der Waals surface area contributed by atoms with Crippen molar-refractivity contribution in [3.8, 4) is 6.07 Å². The second-order valence-electron chi connectivity index (χ2n) is 5.81. The van der Waals surface area contributed by atoms with Crippen molar-refractivity contribution in [3.63, 3.8) is 0 Å². The van der Waals surface area contributed by atoms with Crippen molar-refractivity contribution in [2.24, 2.45) is 5.92 Å². The molecule has 8 heteroatoms. The van der Waals surface area contributed by atoms with Crippen LogP contribution in [0.3, 0.4) is 0 Å². The minimum atomic E-state index is -0.463. The number of rotatable bonds is 6. The Balaban J connectivity index is 2.20. The molecular formula is C17H23N3O4S. The third-order valence-corrected chi connectivity index (χ3v) is 5.16. The molecule has 1 fully saturated rings. The highest BCUT2D eigenvalue weighted by Crippen LogP contribution is 2.33. The normalized spacial score (nSPS) is 17.7. The number of piperidine rings is 1. The minimum absolute atomic E-state index is 0.179. The third kappa shape index (κ3) is 4.50. The van der Waals surface area contributed by atoms with Crippen molar-refractivity contribution in [1.82, 2.24) is 4.90 Å².